The summed E-state index contributed by atoms with van der Waals surface area (Å²) in [7, 11) is -3.73. The predicted molar refractivity (Wildman–Crippen MR) is 102 cm³/mol. The Morgan fingerprint density at radius 1 is 1.12 bits per heavy atom. The van der Waals surface area contributed by atoms with Crippen molar-refractivity contribution in [3.05, 3.63) is 75.9 Å². The molecule has 0 aliphatic rings. The van der Waals surface area contributed by atoms with Gasteiger partial charge in [-0.05, 0) is 58.8 Å². The van der Waals surface area contributed by atoms with Crippen molar-refractivity contribution in [3.8, 4) is 11.5 Å². The zero-order valence-electron chi connectivity index (χ0n) is 13.5. The lowest BCUT2D eigenvalue weighted by Gasteiger charge is -2.12. The first kappa shape index (κ1) is 18.9. The molecule has 136 valence electrons. The number of sulfonamides is 1. The molecule has 0 unspecified atom stereocenters. The number of hydrogen-bond donors (Lipinski definition) is 2. The summed E-state index contributed by atoms with van der Waals surface area (Å²) in [6.45, 7) is -0.100. The molecule has 3 rings (SSSR count). The van der Waals surface area contributed by atoms with Crippen LogP contribution in [0.3, 0.4) is 0 Å². The maximum atomic E-state index is 12.3. The van der Waals surface area contributed by atoms with E-state index in [4.69, 9.17) is 16.3 Å². The van der Waals surface area contributed by atoms with Crippen LogP contribution < -0.4 is 9.46 Å². The van der Waals surface area contributed by atoms with Crippen LogP contribution in [0.15, 0.2) is 70.3 Å². The Bertz CT molecular complexity index is 957. The van der Waals surface area contributed by atoms with Crippen molar-refractivity contribution in [2.75, 3.05) is 6.54 Å². The van der Waals surface area contributed by atoms with Gasteiger partial charge in [0.1, 0.15) is 11.5 Å². The van der Waals surface area contributed by atoms with Gasteiger partial charge in [0.15, 0.2) is 0 Å². The van der Waals surface area contributed by atoms with Gasteiger partial charge in [-0.25, -0.2) is 13.1 Å². The van der Waals surface area contributed by atoms with Gasteiger partial charge in [-0.15, -0.1) is 0 Å². The second-order valence-corrected chi connectivity index (χ2v) is 8.38. The lowest BCUT2D eigenvalue weighted by Crippen LogP contribution is -2.28. The van der Waals surface area contributed by atoms with Crippen LogP contribution in [0.5, 0.6) is 11.5 Å². The number of para-hydroxylation sites is 1. The van der Waals surface area contributed by atoms with Crippen molar-refractivity contribution in [2.45, 2.75) is 11.0 Å². The summed E-state index contributed by atoms with van der Waals surface area (Å²) in [5, 5.41) is 14.1. The lowest BCUT2D eigenvalue weighted by molar-refractivity contribution is 0.182. The van der Waals surface area contributed by atoms with Crippen molar-refractivity contribution in [3.63, 3.8) is 0 Å². The molecular formula is C18H16ClNO4S2. The molecule has 0 saturated heterocycles. The Kier molecular flexibility index (Phi) is 5.95. The van der Waals surface area contributed by atoms with Gasteiger partial charge in [-0.3, -0.25) is 0 Å². The minimum absolute atomic E-state index is 0.0847. The first-order chi connectivity index (χ1) is 12.5. The summed E-state index contributed by atoms with van der Waals surface area (Å²) in [4.78, 5) is 0.0847. The van der Waals surface area contributed by atoms with Crippen LogP contribution >= 0.6 is 22.9 Å². The average Bonchev–Trinajstić information content (AvgIpc) is 3.17. The lowest BCUT2D eigenvalue weighted by atomic mass is 10.2. The summed E-state index contributed by atoms with van der Waals surface area (Å²) in [6.07, 6.45) is -0.890. The third-order valence-corrected chi connectivity index (χ3v) is 6.05. The van der Waals surface area contributed by atoms with Crippen LogP contribution in [0.2, 0.25) is 5.02 Å². The third kappa shape index (κ3) is 4.63. The smallest absolute Gasteiger partial charge is 0.240 e. The third-order valence-electron chi connectivity index (χ3n) is 3.59. The van der Waals surface area contributed by atoms with Crippen LogP contribution in [0.4, 0.5) is 0 Å². The summed E-state index contributed by atoms with van der Waals surface area (Å²) in [5.41, 5.74) is 0.682. The van der Waals surface area contributed by atoms with E-state index < -0.39 is 16.1 Å². The molecule has 0 fully saturated rings. The van der Waals surface area contributed by atoms with Crippen LogP contribution in [-0.4, -0.2) is 20.1 Å². The highest BCUT2D eigenvalue weighted by Gasteiger charge is 2.17. The number of ether oxygens (including phenoxy) is 1. The standard InChI is InChI=1S/C18H16ClNO4S2/c19-16-3-1-2-4-18(16)24-14-5-7-15(8-6-14)26(22,23)20-11-17(21)13-9-10-25-12-13/h1-10,12,17,20-21H,11H2/t17-/m1/s1. The highest BCUT2D eigenvalue weighted by molar-refractivity contribution is 7.89. The largest absolute Gasteiger partial charge is 0.456 e. The molecule has 0 amide bonds. The molecule has 1 aromatic heterocycles. The molecule has 1 heterocycles. The predicted octanol–water partition coefficient (Wildman–Crippen LogP) is 4.21. The summed E-state index contributed by atoms with van der Waals surface area (Å²) >= 11 is 7.48. The quantitative estimate of drug-likeness (QED) is 0.613. The molecule has 0 radical (unpaired) electrons. The number of benzene rings is 2. The number of aliphatic hydroxyl groups excluding tert-OH is 1. The molecule has 2 aromatic carbocycles. The van der Waals surface area contributed by atoms with E-state index in [1.807, 2.05) is 5.38 Å². The van der Waals surface area contributed by atoms with E-state index >= 15 is 0 Å². The van der Waals surface area contributed by atoms with Gasteiger partial charge >= 0.3 is 0 Å². The minimum atomic E-state index is -3.73. The molecule has 5 nitrogen and oxygen atoms in total. The van der Waals surface area contributed by atoms with E-state index in [0.717, 1.165) is 0 Å². The fourth-order valence-corrected chi connectivity index (χ4v) is 4.12. The van der Waals surface area contributed by atoms with E-state index in [1.54, 1.807) is 47.8 Å². The Morgan fingerprint density at radius 2 is 1.85 bits per heavy atom. The first-order valence-electron chi connectivity index (χ1n) is 7.68. The zero-order valence-corrected chi connectivity index (χ0v) is 15.9. The van der Waals surface area contributed by atoms with Gasteiger partial charge in [-0.2, -0.15) is 11.3 Å². The Hall–Kier alpha value is -1.90. The molecule has 1 atom stereocenters. The molecule has 26 heavy (non-hydrogen) atoms. The molecule has 2 N–H and O–H groups in total. The molecule has 0 aliphatic carbocycles. The molecule has 0 aliphatic heterocycles. The van der Waals surface area contributed by atoms with E-state index in [1.165, 1.54) is 23.5 Å². The van der Waals surface area contributed by atoms with Crippen LogP contribution in [0.25, 0.3) is 0 Å². The number of halogens is 1. The average molecular weight is 410 g/mol. The monoisotopic (exact) mass is 409 g/mol. The van der Waals surface area contributed by atoms with Crippen LogP contribution in [0, 0.1) is 0 Å². The Labute approximate surface area is 160 Å². The topological polar surface area (TPSA) is 75.6 Å². The second-order valence-electron chi connectivity index (χ2n) is 5.43. The van der Waals surface area contributed by atoms with E-state index in [9.17, 15) is 13.5 Å². The van der Waals surface area contributed by atoms with Gasteiger partial charge in [0.2, 0.25) is 10.0 Å². The summed E-state index contributed by atoms with van der Waals surface area (Å²) in [5.74, 6) is 0.956. The summed E-state index contributed by atoms with van der Waals surface area (Å²) in [6, 6.07) is 14.7. The summed E-state index contributed by atoms with van der Waals surface area (Å²) < 4.78 is 32.7. The maximum absolute atomic E-state index is 12.3. The molecule has 0 saturated carbocycles. The van der Waals surface area contributed by atoms with E-state index in [2.05, 4.69) is 4.72 Å². The molecular weight excluding hydrogens is 394 g/mol. The molecule has 8 heteroatoms. The first-order valence-corrected chi connectivity index (χ1v) is 10.5. The SMILES string of the molecule is O=S(=O)(NC[C@@H](O)c1ccsc1)c1ccc(Oc2ccccc2Cl)cc1. The van der Waals surface area contributed by atoms with Crippen LogP contribution in [0.1, 0.15) is 11.7 Å². The molecule has 3 aromatic rings. The van der Waals surface area contributed by atoms with Crippen LogP contribution in [-0.2, 0) is 10.0 Å². The number of rotatable bonds is 7. The van der Waals surface area contributed by atoms with Gasteiger partial charge in [0.05, 0.1) is 16.0 Å². The van der Waals surface area contributed by atoms with Gasteiger partial charge in [-0.1, -0.05) is 23.7 Å². The van der Waals surface area contributed by atoms with Gasteiger partial charge in [0.25, 0.3) is 0 Å². The number of thiophene rings is 1. The zero-order chi connectivity index (χ0) is 18.6. The minimum Gasteiger partial charge on any atom is -0.456 e. The molecule has 0 spiro atoms. The second kappa shape index (κ2) is 8.20. The normalized spacial score (nSPS) is 12.7. The highest BCUT2D eigenvalue weighted by atomic mass is 35.5. The Morgan fingerprint density at radius 3 is 2.50 bits per heavy atom. The number of hydrogen-bond acceptors (Lipinski definition) is 5. The van der Waals surface area contributed by atoms with Gasteiger partial charge in [0, 0.05) is 6.54 Å². The van der Waals surface area contributed by atoms with Crippen molar-refractivity contribution in [2.24, 2.45) is 0 Å². The van der Waals surface area contributed by atoms with Crippen molar-refractivity contribution >= 4 is 33.0 Å². The fourth-order valence-electron chi connectivity index (χ4n) is 2.20. The fraction of sp³-hybridized carbons (Fsp3) is 0.111. The number of nitrogens with one attached hydrogen (secondary N) is 1. The van der Waals surface area contributed by atoms with E-state index in [-0.39, 0.29) is 11.4 Å². The van der Waals surface area contributed by atoms with Gasteiger partial charge < -0.3 is 9.84 Å². The highest BCUT2D eigenvalue weighted by Crippen LogP contribution is 2.29. The number of aliphatic hydroxyl groups is 1. The molecule has 0 bridgehead atoms. The maximum Gasteiger partial charge on any atom is 0.240 e. The van der Waals surface area contributed by atoms with Crippen molar-refractivity contribution in [1.29, 1.82) is 0 Å². The van der Waals surface area contributed by atoms with Crippen molar-refractivity contribution in [1.82, 2.24) is 4.72 Å². The van der Waals surface area contributed by atoms with Crippen molar-refractivity contribution < 1.29 is 18.3 Å². The van der Waals surface area contributed by atoms with E-state index in [0.29, 0.717) is 22.1 Å². The Balaban J connectivity index is 1.66.